The van der Waals surface area contributed by atoms with Crippen LogP contribution in [-0.4, -0.2) is 69.0 Å². The molecule has 1 aliphatic heterocycles. The maximum Gasteiger partial charge on any atom is 0.239 e. The molecule has 170 valence electrons. The van der Waals surface area contributed by atoms with Crippen molar-refractivity contribution in [3.8, 4) is 40.1 Å². The number of aromatic hydroxyl groups is 3. The van der Waals surface area contributed by atoms with Gasteiger partial charge in [0.1, 0.15) is 40.8 Å². The first-order valence-electron chi connectivity index (χ1n) is 9.44. The predicted octanol–water partition coefficient (Wildman–Crippen LogP) is 0.403. The molecule has 32 heavy (non-hydrogen) atoms. The van der Waals surface area contributed by atoms with E-state index in [0.29, 0.717) is 0 Å². The minimum atomic E-state index is -1.60. The third-order valence-electron chi connectivity index (χ3n) is 5.09. The van der Waals surface area contributed by atoms with E-state index in [4.69, 9.17) is 18.6 Å². The van der Waals surface area contributed by atoms with E-state index in [1.807, 2.05) is 0 Å². The van der Waals surface area contributed by atoms with Crippen molar-refractivity contribution in [1.29, 1.82) is 0 Å². The first-order chi connectivity index (χ1) is 15.2. The van der Waals surface area contributed by atoms with Crippen molar-refractivity contribution in [3.05, 3.63) is 40.6 Å². The molecule has 1 aromatic heterocycles. The van der Waals surface area contributed by atoms with E-state index in [-0.39, 0.29) is 39.5 Å². The molecule has 0 radical (unpaired) electrons. The van der Waals surface area contributed by atoms with Crippen LogP contribution in [0.4, 0.5) is 0 Å². The average molecular weight is 448 g/mol. The molecular weight excluding hydrogens is 428 g/mol. The molecule has 0 bridgehead atoms. The highest BCUT2D eigenvalue weighted by Gasteiger charge is 2.44. The molecule has 6 N–H and O–H groups in total. The van der Waals surface area contributed by atoms with Crippen LogP contribution in [0.2, 0.25) is 0 Å². The van der Waals surface area contributed by atoms with Crippen molar-refractivity contribution < 1.29 is 49.3 Å². The Morgan fingerprint density at radius 2 is 1.78 bits per heavy atom. The minimum absolute atomic E-state index is 0.0582. The van der Waals surface area contributed by atoms with Crippen LogP contribution >= 0.6 is 0 Å². The number of phenols is 3. The number of hydrogen-bond acceptors (Lipinski definition) is 11. The lowest BCUT2D eigenvalue weighted by atomic mass is 10.1. The Morgan fingerprint density at radius 3 is 2.44 bits per heavy atom. The number of rotatable bonds is 5. The van der Waals surface area contributed by atoms with Gasteiger partial charge in [0.25, 0.3) is 0 Å². The van der Waals surface area contributed by atoms with Gasteiger partial charge in [0.15, 0.2) is 17.3 Å². The Bertz CT molecular complexity index is 1220. The molecule has 2 aromatic carbocycles. The molecule has 4 rings (SSSR count). The third-order valence-corrected chi connectivity index (χ3v) is 5.09. The number of aliphatic hydroxyl groups is 3. The van der Waals surface area contributed by atoms with E-state index in [1.165, 1.54) is 25.3 Å². The lowest BCUT2D eigenvalue weighted by Gasteiger charge is -2.19. The SMILES string of the molecule is COc1cc(-c2oc3cc(O)cc(O)c3c(=O)c2O[C@@H]2O[C@@H](CO)[C@H](O)[C@H]2O)ccc1O. The molecule has 1 saturated heterocycles. The Kier molecular flexibility index (Phi) is 5.57. The van der Waals surface area contributed by atoms with Gasteiger partial charge in [-0.25, -0.2) is 0 Å². The second-order valence-electron chi connectivity index (χ2n) is 7.14. The van der Waals surface area contributed by atoms with Gasteiger partial charge in [-0.3, -0.25) is 4.79 Å². The number of phenolic OH excluding ortho intramolecular Hbond substituents is 3. The van der Waals surface area contributed by atoms with E-state index in [1.54, 1.807) is 0 Å². The first-order valence-corrected chi connectivity index (χ1v) is 9.44. The molecule has 2 heterocycles. The molecule has 11 nitrogen and oxygen atoms in total. The molecule has 0 amide bonds. The summed E-state index contributed by atoms with van der Waals surface area (Å²) in [6.07, 6.45) is -5.76. The quantitative estimate of drug-likeness (QED) is 0.318. The Morgan fingerprint density at radius 1 is 1.03 bits per heavy atom. The van der Waals surface area contributed by atoms with Crippen molar-refractivity contribution in [2.45, 2.75) is 24.6 Å². The summed E-state index contributed by atoms with van der Waals surface area (Å²) < 4.78 is 21.7. The zero-order chi connectivity index (χ0) is 23.2. The zero-order valence-electron chi connectivity index (χ0n) is 16.6. The standard InChI is InChI=1S/C21H20O11/c1-29-12-4-8(2-3-10(12)24)19-20(32-21-18(28)16(26)14(7-22)31-21)17(27)15-11(25)5-9(23)6-13(15)30-19/h2-6,14,16,18,21-26,28H,7H2,1H3/t14-,16-,18+,21-/m0/s1. The highest BCUT2D eigenvalue weighted by Crippen LogP contribution is 2.39. The van der Waals surface area contributed by atoms with Crippen LogP contribution < -0.4 is 14.9 Å². The molecule has 0 unspecified atom stereocenters. The fraction of sp³-hybridized carbons (Fsp3) is 0.286. The van der Waals surface area contributed by atoms with Crippen LogP contribution in [0.3, 0.4) is 0 Å². The Balaban J connectivity index is 1.93. The van der Waals surface area contributed by atoms with Gasteiger partial charge < -0.3 is 49.3 Å². The molecule has 0 saturated carbocycles. The van der Waals surface area contributed by atoms with E-state index in [9.17, 15) is 35.4 Å². The maximum absolute atomic E-state index is 13.2. The normalized spacial score (nSPS) is 22.9. The van der Waals surface area contributed by atoms with Crippen LogP contribution in [-0.2, 0) is 4.74 Å². The molecule has 3 aromatic rings. The average Bonchev–Trinajstić information content (AvgIpc) is 3.03. The summed E-state index contributed by atoms with van der Waals surface area (Å²) in [5.74, 6) is -1.73. The highest BCUT2D eigenvalue weighted by atomic mass is 16.7. The number of ether oxygens (including phenoxy) is 3. The lowest BCUT2D eigenvalue weighted by molar-refractivity contribution is -0.117. The van der Waals surface area contributed by atoms with Gasteiger partial charge in [0, 0.05) is 17.7 Å². The summed E-state index contributed by atoms with van der Waals surface area (Å²) in [5.41, 5.74) is -0.810. The van der Waals surface area contributed by atoms with Gasteiger partial charge in [-0.1, -0.05) is 0 Å². The number of benzene rings is 2. The Hall–Kier alpha value is -3.51. The number of hydrogen-bond donors (Lipinski definition) is 6. The van der Waals surface area contributed by atoms with Crippen LogP contribution in [0.5, 0.6) is 28.7 Å². The molecular formula is C21H20O11. The summed E-state index contributed by atoms with van der Waals surface area (Å²) >= 11 is 0. The van der Waals surface area contributed by atoms with Crippen LogP contribution in [0.25, 0.3) is 22.3 Å². The van der Waals surface area contributed by atoms with Crippen LogP contribution in [0, 0.1) is 0 Å². The van der Waals surface area contributed by atoms with Gasteiger partial charge in [0.05, 0.1) is 13.7 Å². The van der Waals surface area contributed by atoms with Gasteiger partial charge in [-0.05, 0) is 18.2 Å². The lowest BCUT2D eigenvalue weighted by Crippen LogP contribution is -2.36. The number of aliphatic hydroxyl groups excluding tert-OH is 3. The zero-order valence-corrected chi connectivity index (χ0v) is 16.6. The van der Waals surface area contributed by atoms with E-state index >= 15 is 0 Å². The second-order valence-corrected chi connectivity index (χ2v) is 7.14. The van der Waals surface area contributed by atoms with Gasteiger partial charge >= 0.3 is 0 Å². The molecule has 4 atom stereocenters. The van der Waals surface area contributed by atoms with Gasteiger partial charge in [-0.15, -0.1) is 0 Å². The summed E-state index contributed by atoms with van der Waals surface area (Å²) in [6, 6.07) is 6.10. The fourth-order valence-corrected chi connectivity index (χ4v) is 3.46. The number of methoxy groups -OCH3 is 1. The van der Waals surface area contributed by atoms with Crippen molar-refractivity contribution in [3.63, 3.8) is 0 Å². The van der Waals surface area contributed by atoms with Gasteiger partial charge in [0.2, 0.25) is 17.5 Å². The Labute approximate surface area is 179 Å². The highest BCUT2D eigenvalue weighted by molar-refractivity contribution is 5.88. The van der Waals surface area contributed by atoms with Crippen molar-refractivity contribution in [2.24, 2.45) is 0 Å². The fourth-order valence-electron chi connectivity index (χ4n) is 3.46. The molecule has 0 spiro atoms. The summed E-state index contributed by atoms with van der Waals surface area (Å²) in [4.78, 5) is 13.2. The van der Waals surface area contributed by atoms with Crippen LogP contribution in [0.15, 0.2) is 39.5 Å². The van der Waals surface area contributed by atoms with Crippen molar-refractivity contribution >= 4 is 11.0 Å². The van der Waals surface area contributed by atoms with Crippen LogP contribution in [0.1, 0.15) is 0 Å². The second kappa shape index (κ2) is 8.20. The monoisotopic (exact) mass is 448 g/mol. The third kappa shape index (κ3) is 3.56. The maximum atomic E-state index is 13.2. The molecule has 0 aliphatic carbocycles. The van der Waals surface area contributed by atoms with Gasteiger partial charge in [-0.2, -0.15) is 0 Å². The minimum Gasteiger partial charge on any atom is -0.508 e. The summed E-state index contributed by atoms with van der Waals surface area (Å²) in [7, 11) is 1.32. The summed E-state index contributed by atoms with van der Waals surface area (Å²) in [6.45, 7) is -0.605. The largest absolute Gasteiger partial charge is 0.508 e. The molecule has 1 aliphatic rings. The number of fused-ring (bicyclic) bond motifs is 1. The summed E-state index contributed by atoms with van der Waals surface area (Å²) in [5, 5.41) is 59.0. The predicted molar refractivity (Wildman–Crippen MR) is 108 cm³/mol. The van der Waals surface area contributed by atoms with E-state index in [0.717, 1.165) is 12.1 Å². The smallest absolute Gasteiger partial charge is 0.239 e. The van der Waals surface area contributed by atoms with E-state index < -0.39 is 48.1 Å². The van der Waals surface area contributed by atoms with Crippen molar-refractivity contribution in [1.82, 2.24) is 0 Å². The van der Waals surface area contributed by atoms with Crippen molar-refractivity contribution in [2.75, 3.05) is 13.7 Å². The van der Waals surface area contributed by atoms with E-state index in [2.05, 4.69) is 0 Å². The molecule has 1 fully saturated rings. The molecule has 11 heteroatoms. The first kappa shape index (κ1) is 21.7. The topological polar surface area (TPSA) is 179 Å².